The van der Waals surface area contributed by atoms with Crippen LogP contribution in [0.15, 0.2) is 53.7 Å². The molecule has 0 fully saturated rings. The van der Waals surface area contributed by atoms with E-state index in [1.54, 1.807) is 13.2 Å². The largest absolute Gasteiger partial charge is 0.356 e. The summed E-state index contributed by atoms with van der Waals surface area (Å²) in [7, 11) is 1.79. The quantitative estimate of drug-likeness (QED) is 0.465. The first-order valence-electron chi connectivity index (χ1n) is 8.62. The van der Waals surface area contributed by atoms with E-state index in [1.807, 2.05) is 18.2 Å². The zero-order valence-corrected chi connectivity index (χ0v) is 14.9. The molecule has 0 aliphatic heterocycles. The fourth-order valence-corrected chi connectivity index (χ4v) is 2.47. The summed E-state index contributed by atoms with van der Waals surface area (Å²) in [5.41, 5.74) is 3.79. The van der Waals surface area contributed by atoms with Gasteiger partial charge < -0.3 is 10.6 Å². The van der Waals surface area contributed by atoms with Crippen LogP contribution in [0.1, 0.15) is 43.0 Å². The SMILES string of the molecule is CN=C(NCCCc1ccc(C(C)C)cc1)NCc1ccccn1. The molecule has 0 saturated heterocycles. The predicted octanol–water partition coefficient (Wildman–Crippen LogP) is 3.50. The first-order chi connectivity index (χ1) is 11.7. The van der Waals surface area contributed by atoms with E-state index in [0.29, 0.717) is 12.5 Å². The second-order valence-corrected chi connectivity index (χ2v) is 6.17. The molecule has 0 spiro atoms. The van der Waals surface area contributed by atoms with Gasteiger partial charge in [0.2, 0.25) is 0 Å². The number of aliphatic imine (C=N–C) groups is 1. The fourth-order valence-electron chi connectivity index (χ4n) is 2.47. The van der Waals surface area contributed by atoms with Crippen LogP contribution in [0.25, 0.3) is 0 Å². The van der Waals surface area contributed by atoms with Crippen molar-refractivity contribution in [1.82, 2.24) is 15.6 Å². The van der Waals surface area contributed by atoms with E-state index in [4.69, 9.17) is 0 Å². The van der Waals surface area contributed by atoms with E-state index in [9.17, 15) is 0 Å². The van der Waals surface area contributed by atoms with Gasteiger partial charge in [-0.05, 0) is 42.0 Å². The minimum Gasteiger partial charge on any atom is -0.356 e. The lowest BCUT2D eigenvalue weighted by atomic mass is 10.0. The zero-order valence-electron chi connectivity index (χ0n) is 14.9. The topological polar surface area (TPSA) is 49.3 Å². The number of benzene rings is 1. The molecule has 0 bridgehead atoms. The van der Waals surface area contributed by atoms with Crippen molar-refractivity contribution in [3.63, 3.8) is 0 Å². The molecule has 0 saturated carbocycles. The minimum atomic E-state index is 0.592. The zero-order chi connectivity index (χ0) is 17.2. The number of rotatable bonds is 7. The molecule has 0 aliphatic rings. The number of hydrogen-bond donors (Lipinski definition) is 2. The molecule has 0 atom stereocenters. The van der Waals surface area contributed by atoms with Crippen molar-refractivity contribution in [3.05, 3.63) is 65.5 Å². The molecular formula is C20H28N4. The first-order valence-corrected chi connectivity index (χ1v) is 8.62. The van der Waals surface area contributed by atoms with E-state index in [-0.39, 0.29) is 0 Å². The molecular weight excluding hydrogens is 296 g/mol. The predicted molar refractivity (Wildman–Crippen MR) is 101 cm³/mol. The summed E-state index contributed by atoms with van der Waals surface area (Å²) in [4.78, 5) is 8.54. The monoisotopic (exact) mass is 324 g/mol. The minimum absolute atomic E-state index is 0.592. The van der Waals surface area contributed by atoms with Crippen molar-refractivity contribution in [1.29, 1.82) is 0 Å². The highest BCUT2D eigenvalue weighted by molar-refractivity contribution is 5.79. The molecule has 0 unspecified atom stereocenters. The third kappa shape index (κ3) is 6.03. The van der Waals surface area contributed by atoms with Crippen LogP contribution >= 0.6 is 0 Å². The highest BCUT2D eigenvalue weighted by Gasteiger charge is 2.01. The molecule has 2 rings (SSSR count). The summed E-state index contributed by atoms with van der Waals surface area (Å²) in [5, 5.41) is 6.63. The average molecular weight is 324 g/mol. The summed E-state index contributed by atoms with van der Waals surface area (Å²) < 4.78 is 0. The van der Waals surface area contributed by atoms with Crippen LogP contribution in [0.3, 0.4) is 0 Å². The Balaban J connectivity index is 1.68. The van der Waals surface area contributed by atoms with Gasteiger partial charge in [0.25, 0.3) is 0 Å². The van der Waals surface area contributed by atoms with E-state index in [0.717, 1.165) is 31.0 Å². The first kappa shape index (κ1) is 18.0. The lowest BCUT2D eigenvalue weighted by Crippen LogP contribution is -2.37. The Morgan fingerprint density at radius 3 is 2.50 bits per heavy atom. The van der Waals surface area contributed by atoms with Crippen molar-refractivity contribution in [3.8, 4) is 0 Å². The number of hydrogen-bond acceptors (Lipinski definition) is 2. The van der Waals surface area contributed by atoms with Crippen molar-refractivity contribution in [2.75, 3.05) is 13.6 Å². The average Bonchev–Trinajstić information content (AvgIpc) is 2.62. The number of aryl methyl sites for hydroxylation is 1. The summed E-state index contributed by atoms with van der Waals surface area (Å²) in [5.74, 6) is 1.41. The van der Waals surface area contributed by atoms with Gasteiger partial charge in [-0.15, -0.1) is 0 Å². The number of guanidine groups is 1. The molecule has 0 radical (unpaired) electrons. The van der Waals surface area contributed by atoms with Crippen LogP contribution < -0.4 is 10.6 Å². The van der Waals surface area contributed by atoms with Crippen LogP contribution in [-0.4, -0.2) is 24.5 Å². The smallest absolute Gasteiger partial charge is 0.191 e. The van der Waals surface area contributed by atoms with Gasteiger partial charge in [-0.1, -0.05) is 44.2 Å². The lowest BCUT2D eigenvalue weighted by molar-refractivity contribution is 0.737. The standard InChI is InChI=1S/C20H28N4/c1-16(2)18-11-9-17(10-12-18)7-6-14-23-20(21-3)24-15-19-8-4-5-13-22-19/h4-5,8-13,16H,6-7,14-15H2,1-3H3,(H2,21,23,24). The fraction of sp³-hybridized carbons (Fsp3) is 0.400. The second kappa shape index (κ2) is 9.71. The second-order valence-electron chi connectivity index (χ2n) is 6.17. The van der Waals surface area contributed by atoms with Gasteiger partial charge in [0.15, 0.2) is 5.96 Å². The summed E-state index contributed by atoms with van der Waals surface area (Å²) in [6.45, 7) is 6.02. The Bertz CT molecular complexity index is 618. The van der Waals surface area contributed by atoms with Crippen LogP contribution in [0.5, 0.6) is 0 Å². The number of aromatic nitrogens is 1. The molecule has 1 aromatic carbocycles. The van der Waals surface area contributed by atoms with Crippen LogP contribution in [-0.2, 0) is 13.0 Å². The van der Waals surface area contributed by atoms with Crippen molar-refractivity contribution in [2.45, 2.75) is 39.2 Å². The van der Waals surface area contributed by atoms with E-state index in [2.05, 4.69) is 58.7 Å². The van der Waals surface area contributed by atoms with Gasteiger partial charge in [0.1, 0.15) is 0 Å². The third-order valence-electron chi connectivity index (χ3n) is 3.97. The highest BCUT2D eigenvalue weighted by atomic mass is 15.2. The van der Waals surface area contributed by atoms with Gasteiger partial charge in [0, 0.05) is 19.8 Å². The normalized spacial score (nSPS) is 11.6. The molecule has 4 heteroatoms. The molecule has 1 aromatic heterocycles. The molecule has 1 heterocycles. The van der Waals surface area contributed by atoms with E-state index >= 15 is 0 Å². The molecule has 24 heavy (non-hydrogen) atoms. The van der Waals surface area contributed by atoms with Crippen molar-refractivity contribution in [2.24, 2.45) is 4.99 Å². The van der Waals surface area contributed by atoms with E-state index in [1.165, 1.54) is 11.1 Å². The van der Waals surface area contributed by atoms with Crippen LogP contribution in [0.4, 0.5) is 0 Å². The molecule has 0 aliphatic carbocycles. The van der Waals surface area contributed by atoms with Gasteiger partial charge in [-0.25, -0.2) is 0 Å². The lowest BCUT2D eigenvalue weighted by Gasteiger charge is -2.12. The van der Waals surface area contributed by atoms with Gasteiger partial charge in [-0.2, -0.15) is 0 Å². The summed E-state index contributed by atoms with van der Waals surface area (Å²) in [6, 6.07) is 14.9. The van der Waals surface area contributed by atoms with Crippen molar-refractivity contribution >= 4 is 5.96 Å². The highest BCUT2D eigenvalue weighted by Crippen LogP contribution is 2.15. The molecule has 0 amide bonds. The Morgan fingerprint density at radius 1 is 1.08 bits per heavy atom. The number of nitrogens with one attached hydrogen (secondary N) is 2. The molecule has 128 valence electrons. The Morgan fingerprint density at radius 2 is 1.88 bits per heavy atom. The maximum atomic E-state index is 4.30. The van der Waals surface area contributed by atoms with Crippen molar-refractivity contribution < 1.29 is 0 Å². The van der Waals surface area contributed by atoms with Crippen LogP contribution in [0.2, 0.25) is 0 Å². The van der Waals surface area contributed by atoms with Gasteiger partial charge >= 0.3 is 0 Å². The maximum absolute atomic E-state index is 4.30. The van der Waals surface area contributed by atoms with E-state index < -0.39 is 0 Å². The summed E-state index contributed by atoms with van der Waals surface area (Å²) >= 11 is 0. The number of pyridine rings is 1. The Labute approximate surface area is 145 Å². The molecule has 2 aromatic rings. The molecule has 4 nitrogen and oxygen atoms in total. The van der Waals surface area contributed by atoms with Crippen LogP contribution in [0, 0.1) is 0 Å². The Kier molecular flexibility index (Phi) is 7.27. The van der Waals surface area contributed by atoms with Gasteiger partial charge in [-0.3, -0.25) is 9.98 Å². The number of nitrogens with zero attached hydrogens (tertiary/aromatic N) is 2. The van der Waals surface area contributed by atoms with Gasteiger partial charge in [0.05, 0.1) is 12.2 Å². The Hall–Kier alpha value is -2.36. The maximum Gasteiger partial charge on any atom is 0.191 e. The summed E-state index contributed by atoms with van der Waals surface area (Å²) in [6.07, 6.45) is 3.95. The third-order valence-corrected chi connectivity index (χ3v) is 3.97. The molecule has 2 N–H and O–H groups in total.